The monoisotopic (exact) mass is 283 g/mol. The second-order valence-electron chi connectivity index (χ2n) is 4.33. The minimum Gasteiger partial charge on any atom is -0.343 e. The lowest BCUT2D eigenvalue weighted by atomic mass is 10.1. The number of rotatable bonds is 4. The summed E-state index contributed by atoms with van der Waals surface area (Å²) in [4.78, 5) is 20.4. The number of carbonyl (C=O) groups is 1. The predicted octanol–water partition coefficient (Wildman–Crippen LogP) is 0.568. The fourth-order valence-electron chi connectivity index (χ4n) is 1.98. The highest BCUT2D eigenvalue weighted by atomic mass is 16.1. The maximum atomic E-state index is 12.1. The van der Waals surface area contributed by atoms with Gasteiger partial charge in [0, 0.05) is 5.39 Å². The number of nitrogen functional groups attached to an aromatic ring is 1. The van der Waals surface area contributed by atoms with Gasteiger partial charge < -0.3 is 10.7 Å². The molecule has 5 N–H and O–H groups in total. The Bertz CT molecular complexity index is 769. The number of nitrogens with two attached hydrogens (primary N) is 1. The van der Waals surface area contributed by atoms with E-state index in [1.165, 1.54) is 6.33 Å². The molecule has 0 radical (unpaired) electrons. The summed E-state index contributed by atoms with van der Waals surface area (Å²) in [5, 5.41) is 9.95. The van der Waals surface area contributed by atoms with Crippen LogP contribution in [0.2, 0.25) is 0 Å². The Labute approximate surface area is 119 Å². The van der Waals surface area contributed by atoms with E-state index in [0.29, 0.717) is 17.0 Å². The molecule has 2 aromatic heterocycles. The Morgan fingerprint density at radius 2 is 2.19 bits per heavy atom. The van der Waals surface area contributed by atoms with E-state index in [4.69, 9.17) is 5.84 Å². The number of carbonyl (C=O) groups excluding carboxylic acids is 1. The third-order valence-electron chi connectivity index (χ3n) is 2.99. The SMILES string of the molecule is NNc1cc(C(=O)NCc2ncn[nH]2)nc2ccccc12. The van der Waals surface area contributed by atoms with E-state index < -0.39 is 0 Å². The minimum absolute atomic E-state index is 0.249. The van der Waals surface area contributed by atoms with Crippen LogP contribution in [0.15, 0.2) is 36.7 Å². The molecule has 8 nitrogen and oxygen atoms in total. The number of nitrogens with one attached hydrogen (secondary N) is 3. The Kier molecular flexibility index (Phi) is 3.44. The molecule has 0 aliphatic rings. The normalized spacial score (nSPS) is 10.5. The smallest absolute Gasteiger partial charge is 0.270 e. The Morgan fingerprint density at radius 1 is 1.33 bits per heavy atom. The Morgan fingerprint density at radius 3 is 2.95 bits per heavy atom. The summed E-state index contributed by atoms with van der Waals surface area (Å²) < 4.78 is 0. The minimum atomic E-state index is -0.311. The maximum absolute atomic E-state index is 12.1. The number of hydrogen-bond donors (Lipinski definition) is 4. The van der Waals surface area contributed by atoms with Gasteiger partial charge in [0.05, 0.1) is 17.7 Å². The standard InChI is InChI=1S/C13H13N7O/c14-19-10-5-11(18-9-4-2-1-3-8(9)10)13(21)15-6-12-16-7-17-20-12/h1-5,7H,6,14H2,(H,15,21)(H,18,19)(H,16,17,20). The van der Waals surface area contributed by atoms with E-state index in [0.717, 1.165) is 5.39 Å². The highest BCUT2D eigenvalue weighted by Gasteiger charge is 2.11. The van der Waals surface area contributed by atoms with E-state index in [1.54, 1.807) is 6.07 Å². The van der Waals surface area contributed by atoms with Crippen molar-refractivity contribution in [3.05, 3.63) is 48.2 Å². The fraction of sp³-hybridized carbons (Fsp3) is 0.0769. The molecule has 0 saturated carbocycles. The van der Waals surface area contributed by atoms with Crippen LogP contribution < -0.4 is 16.6 Å². The van der Waals surface area contributed by atoms with Crippen LogP contribution in [-0.4, -0.2) is 26.1 Å². The van der Waals surface area contributed by atoms with Crippen LogP contribution in [0.5, 0.6) is 0 Å². The summed E-state index contributed by atoms with van der Waals surface area (Å²) in [6.45, 7) is 0.249. The highest BCUT2D eigenvalue weighted by Crippen LogP contribution is 2.22. The molecule has 3 rings (SSSR count). The predicted molar refractivity (Wildman–Crippen MR) is 77.1 cm³/mol. The van der Waals surface area contributed by atoms with Gasteiger partial charge in [-0.15, -0.1) is 0 Å². The van der Waals surface area contributed by atoms with Crippen LogP contribution in [0.25, 0.3) is 10.9 Å². The van der Waals surface area contributed by atoms with Gasteiger partial charge in [0.2, 0.25) is 0 Å². The number of para-hydroxylation sites is 1. The molecule has 0 aliphatic carbocycles. The van der Waals surface area contributed by atoms with Gasteiger partial charge >= 0.3 is 0 Å². The van der Waals surface area contributed by atoms with Gasteiger partial charge in [0.1, 0.15) is 17.8 Å². The van der Waals surface area contributed by atoms with Crippen molar-refractivity contribution in [3.63, 3.8) is 0 Å². The van der Waals surface area contributed by atoms with Crippen molar-refractivity contribution in [2.75, 3.05) is 5.43 Å². The first kappa shape index (κ1) is 13.0. The van der Waals surface area contributed by atoms with Crippen molar-refractivity contribution in [1.29, 1.82) is 0 Å². The van der Waals surface area contributed by atoms with E-state index in [1.807, 2.05) is 24.3 Å². The molecule has 21 heavy (non-hydrogen) atoms. The summed E-state index contributed by atoms with van der Waals surface area (Å²) in [6, 6.07) is 9.05. The molecule has 8 heteroatoms. The summed E-state index contributed by atoms with van der Waals surface area (Å²) in [5.41, 5.74) is 4.20. The van der Waals surface area contributed by atoms with Gasteiger partial charge in [-0.3, -0.25) is 15.7 Å². The molecule has 0 aliphatic heterocycles. The van der Waals surface area contributed by atoms with Crippen LogP contribution in [0, 0.1) is 0 Å². The molecule has 0 unspecified atom stereocenters. The first-order valence-electron chi connectivity index (χ1n) is 6.27. The summed E-state index contributed by atoms with van der Waals surface area (Å²) in [6.07, 6.45) is 1.38. The molecular weight excluding hydrogens is 270 g/mol. The molecule has 0 spiro atoms. The van der Waals surface area contributed by atoms with Crippen LogP contribution in [0.4, 0.5) is 5.69 Å². The van der Waals surface area contributed by atoms with Crippen molar-refractivity contribution in [3.8, 4) is 0 Å². The number of amides is 1. The quantitative estimate of drug-likeness (QED) is 0.410. The largest absolute Gasteiger partial charge is 0.343 e. The second-order valence-corrected chi connectivity index (χ2v) is 4.33. The van der Waals surface area contributed by atoms with Crippen LogP contribution in [-0.2, 0) is 6.54 Å². The van der Waals surface area contributed by atoms with Crippen molar-refractivity contribution >= 4 is 22.5 Å². The number of aromatic amines is 1. The maximum Gasteiger partial charge on any atom is 0.270 e. The number of nitrogens with zero attached hydrogens (tertiary/aromatic N) is 3. The molecule has 0 bridgehead atoms. The van der Waals surface area contributed by atoms with Gasteiger partial charge in [-0.2, -0.15) is 5.10 Å². The van der Waals surface area contributed by atoms with Crippen molar-refractivity contribution in [1.82, 2.24) is 25.5 Å². The zero-order valence-corrected chi connectivity index (χ0v) is 11.0. The number of anilines is 1. The summed E-state index contributed by atoms with van der Waals surface area (Å²) >= 11 is 0. The zero-order chi connectivity index (χ0) is 14.7. The molecule has 0 atom stereocenters. The molecule has 3 aromatic rings. The number of pyridine rings is 1. The molecule has 0 fully saturated rings. The zero-order valence-electron chi connectivity index (χ0n) is 11.0. The second kappa shape index (κ2) is 5.55. The van der Waals surface area contributed by atoms with Crippen LogP contribution in [0.3, 0.4) is 0 Å². The first-order chi connectivity index (χ1) is 10.3. The summed E-state index contributed by atoms with van der Waals surface area (Å²) in [5.74, 6) is 5.76. The number of hydrazine groups is 1. The van der Waals surface area contributed by atoms with E-state index in [-0.39, 0.29) is 18.1 Å². The lowest BCUT2D eigenvalue weighted by Gasteiger charge is -2.08. The lowest BCUT2D eigenvalue weighted by molar-refractivity contribution is 0.0945. The Balaban J connectivity index is 1.87. The first-order valence-corrected chi connectivity index (χ1v) is 6.27. The van der Waals surface area contributed by atoms with Crippen LogP contribution in [0.1, 0.15) is 16.3 Å². The van der Waals surface area contributed by atoms with Gasteiger partial charge in [-0.05, 0) is 12.1 Å². The number of benzene rings is 1. The molecule has 2 heterocycles. The van der Waals surface area contributed by atoms with E-state index >= 15 is 0 Å². The average molecular weight is 283 g/mol. The molecule has 0 saturated heterocycles. The van der Waals surface area contributed by atoms with Gasteiger partial charge in [-0.25, -0.2) is 9.97 Å². The van der Waals surface area contributed by atoms with Crippen molar-refractivity contribution in [2.24, 2.45) is 5.84 Å². The molecule has 1 aromatic carbocycles. The average Bonchev–Trinajstić information content (AvgIpc) is 3.04. The number of H-pyrrole nitrogens is 1. The molecule has 106 valence electrons. The number of hydrogen-bond acceptors (Lipinski definition) is 6. The third-order valence-corrected chi connectivity index (χ3v) is 2.99. The lowest BCUT2D eigenvalue weighted by Crippen LogP contribution is -2.24. The highest BCUT2D eigenvalue weighted by molar-refractivity contribution is 5.99. The molecule has 1 amide bonds. The van der Waals surface area contributed by atoms with E-state index in [9.17, 15) is 4.79 Å². The summed E-state index contributed by atoms with van der Waals surface area (Å²) in [7, 11) is 0. The van der Waals surface area contributed by atoms with Gasteiger partial charge in [-0.1, -0.05) is 18.2 Å². The molecular formula is C13H13N7O. The number of aromatic nitrogens is 4. The van der Waals surface area contributed by atoms with Gasteiger partial charge in [0.25, 0.3) is 5.91 Å². The Hall–Kier alpha value is -3.00. The fourth-order valence-corrected chi connectivity index (χ4v) is 1.98. The van der Waals surface area contributed by atoms with Crippen molar-refractivity contribution < 1.29 is 4.79 Å². The topological polar surface area (TPSA) is 122 Å². The van der Waals surface area contributed by atoms with Crippen molar-refractivity contribution in [2.45, 2.75) is 6.54 Å². The van der Waals surface area contributed by atoms with E-state index in [2.05, 4.69) is 30.9 Å². The third kappa shape index (κ3) is 2.65. The number of fused-ring (bicyclic) bond motifs is 1. The van der Waals surface area contributed by atoms with Gasteiger partial charge in [0.15, 0.2) is 0 Å². The van der Waals surface area contributed by atoms with Crippen LogP contribution >= 0.6 is 0 Å².